The zero-order valence-electron chi connectivity index (χ0n) is 11.0. The van der Waals surface area contributed by atoms with Gasteiger partial charge in [-0.15, -0.1) is 0 Å². The quantitative estimate of drug-likeness (QED) is 0.927. The van der Waals surface area contributed by atoms with Gasteiger partial charge in [-0.3, -0.25) is 4.79 Å². The van der Waals surface area contributed by atoms with Crippen LogP contribution in [0.5, 0.6) is 5.75 Å². The third kappa shape index (κ3) is 3.17. The number of rotatable bonds is 4. The van der Waals surface area contributed by atoms with Gasteiger partial charge in [-0.2, -0.15) is 8.75 Å². The first-order valence-electron chi connectivity index (χ1n) is 6.31. The maximum absolute atomic E-state index is 13.5. The van der Waals surface area contributed by atoms with Gasteiger partial charge in [0.25, 0.3) is 5.91 Å². The second kappa shape index (κ2) is 6.15. The maximum Gasteiger partial charge on any atom is 0.272 e. The summed E-state index contributed by atoms with van der Waals surface area (Å²) in [5.74, 6) is 0.0124. The summed E-state index contributed by atoms with van der Waals surface area (Å²) in [5, 5.41) is 2.72. The second-order valence-electron chi connectivity index (χ2n) is 4.46. The van der Waals surface area contributed by atoms with Crippen LogP contribution in [-0.2, 0) is 17.8 Å². The lowest BCUT2D eigenvalue weighted by Gasteiger charge is -2.20. The van der Waals surface area contributed by atoms with Crippen molar-refractivity contribution in [1.82, 2.24) is 14.1 Å². The lowest BCUT2D eigenvalue weighted by Crippen LogP contribution is -2.26. The third-order valence-electron chi connectivity index (χ3n) is 3.03. The molecule has 1 aliphatic heterocycles. The molecule has 8 heteroatoms. The van der Waals surface area contributed by atoms with E-state index in [1.54, 1.807) is 0 Å². The predicted octanol–water partition coefficient (Wildman–Crippen LogP) is 1.52. The number of amides is 1. The second-order valence-corrected chi connectivity index (χ2v) is 5.02. The first kappa shape index (κ1) is 13.9. The summed E-state index contributed by atoms with van der Waals surface area (Å²) in [4.78, 5) is 11.7. The molecular formula is C13H12FN3O3S. The van der Waals surface area contributed by atoms with E-state index in [2.05, 4.69) is 14.1 Å². The van der Waals surface area contributed by atoms with Crippen LogP contribution < -0.4 is 10.1 Å². The molecule has 0 spiro atoms. The molecule has 0 bridgehead atoms. The first-order valence-corrected chi connectivity index (χ1v) is 7.04. The molecule has 21 heavy (non-hydrogen) atoms. The van der Waals surface area contributed by atoms with Gasteiger partial charge in [-0.25, -0.2) is 4.39 Å². The van der Waals surface area contributed by atoms with Crippen LogP contribution in [0.1, 0.15) is 21.6 Å². The van der Waals surface area contributed by atoms with E-state index in [0.29, 0.717) is 36.4 Å². The molecule has 110 valence electrons. The van der Waals surface area contributed by atoms with Crippen molar-refractivity contribution in [2.24, 2.45) is 0 Å². The Kier molecular flexibility index (Phi) is 4.07. The summed E-state index contributed by atoms with van der Waals surface area (Å²) in [6.45, 7) is 0.843. The number of ether oxygens (including phenoxy) is 2. The number of halogens is 1. The van der Waals surface area contributed by atoms with E-state index >= 15 is 0 Å². The molecule has 0 aliphatic carbocycles. The Morgan fingerprint density at radius 1 is 1.48 bits per heavy atom. The molecule has 6 nitrogen and oxygen atoms in total. The van der Waals surface area contributed by atoms with Crippen molar-refractivity contribution in [3.63, 3.8) is 0 Å². The lowest BCUT2D eigenvalue weighted by molar-refractivity contribution is -0.0172. The van der Waals surface area contributed by atoms with Crippen molar-refractivity contribution in [1.29, 1.82) is 0 Å². The van der Waals surface area contributed by atoms with Gasteiger partial charge in [0.05, 0.1) is 24.5 Å². The maximum atomic E-state index is 13.5. The summed E-state index contributed by atoms with van der Waals surface area (Å²) >= 11 is 0.974. The zero-order chi connectivity index (χ0) is 14.7. The number of nitrogens with zero attached hydrogens (tertiary/aromatic N) is 2. The van der Waals surface area contributed by atoms with E-state index in [-0.39, 0.29) is 24.2 Å². The SMILES string of the molecule is O=C(NCCc1cc(F)cc2c1OCOC2)c1cnsn1. The Morgan fingerprint density at radius 2 is 2.38 bits per heavy atom. The van der Waals surface area contributed by atoms with Gasteiger partial charge in [0, 0.05) is 12.1 Å². The van der Waals surface area contributed by atoms with Crippen LogP contribution in [0.25, 0.3) is 0 Å². The number of carbonyl (C=O) groups is 1. The van der Waals surface area contributed by atoms with E-state index in [9.17, 15) is 9.18 Å². The molecule has 1 amide bonds. The number of benzene rings is 1. The van der Waals surface area contributed by atoms with Gasteiger partial charge in [0.15, 0.2) is 12.5 Å². The minimum Gasteiger partial charge on any atom is -0.467 e. The van der Waals surface area contributed by atoms with E-state index < -0.39 is 0 Å². The highest BCUT2D eigenvalue weighted by Crippen LogP contribution is 2.29. The molecule has 2 aromatic rings. The standard InChI is InChI=1S/C13H12FN3O3S/c14-10-3-8(12-9(4-10)6-19-7-20-12)1-2-15-13(18)11-5-16-21-17-11/h3-5H,1-2,6-7H2,(H,15,18). The fraction of sp³-hybridized carbons (Fsp3) is 0.308. The Morgan fingerprint density at radius 3 is 3.19 bits per heavy atom. The van der Waals surface area contributed by atoms with Crippen molar-refractivity contribution in [3.8, 4) is 5.75 Å². The molecular weight excluding hydrogens is 297 g/mol. The summed E-state index contributed by atoms with van der Waals surface area (Å²) in [7, 11) is 0. The molecule has 2 heterocycles. The van der Waals surface area contributed by atoms with Gasteiger partial charge in [-0.05, 0) is 24.1 Å². The smallest absolute Gasteiger partial charge is 0.272 e. The summed E-state index contributed by atoms with van der Waals surface area (Å²) in [6, 6.07) is 2.82. The van der Waals surface area contributed by atoms with Crippen LogP contribution >= 0.6 is 11.7 Å². The topological polar surface area (TPSA) is 73.3 Å². The summed E-state index contributed by atoms with van der Waals surface area (Å²) in [5.41, 5.74) is 1.68. The van der Waals surface area contributed by atoms with E-state index in [0.717, 1.165) is 11.7 Å². The van der Waals surface area contributed by atoms with Crippen LogP contribution in [0.2, 0.25) is 0 Å². The lowest BCUT2D eigenvalue weighted by atomic mass is 10.1. The number of fused-ring (bicyclic) bond motifs is 1. The summed E-state index contributed by atoms with van der Waals surface area (Å²) in [6.07, 6.45) is 1.87. The Labute approximate surface area is 124 Å². The van der Waals surface area contributed by atoms with Crippen molar-refractivity contribution < 1.29 is 18.7 Å². The van der Waals surface area contributed by atoms with Crippen LogP contribution in [0.15, 0.2) is 18.3 Å². The van der Waals surface area contributed by atoms with Crippen molar-refractivity contribution >= 4 is 17.6 Å². The van der Waals surface area contributed by atoms with Crippen molar-refractivity contribution in [2.75, 3.05) is 13.3 Å². The van der Waals surface area contributed by atoms with Gasteiger partial charge in [0.1, 0.15) is 11.6 Å². The molecule has 0 unspecified atom stereocenters. The molecule has 0 atom stereocenters. The average Bonchev–Trinajstić information content (AvgIpc) is 3.01. The minimum atomic E-state index is -0.340. The van der Waals surface area contributed by atoms with Gasteiger partial charge in [0.2, 0.25) is 0 Å². The molecule has 0 fully saturated rings. The molecule has 1 aromatic heterocycles. The van der Waals surface area contributed by atoms with Crippen molar-refractivity contribution in [2.45, 2.75) is 13.0 Å². The highest BCUT2D eigenvalue weighted by molar-refractivity contribution is 6.99. The Balaban J connectivity index is 1.65. The highest BCUT2D eigenvalue weighted by atomic mass is 32.1. The molecule has 0 radical (unpaired) electrons. The molecule has 1 aromatic carbocycles. The van der Waals surface area contributed by atoms with Crippen molar-refractivity contribution in [3.05, 3.63) is 41.0 Å². The number of nitrogens with one attached hydrogen (secondary N) is 1. The third-order valence-corrected chi connectivity index (χ3v) is 3.50. The van der Waals surface area contributed by atoms with Crippen LogP contribution in [0.3, 0.4) is 0 Å². The summed E-state index contributed by atoms with van der Waals surface area (Å²) < 4.78 is 31.7. The van der Waals surface area contributed by atoms with Crippen LogP contribution in [0, 0.1) is 5.82 Å². The monoisotopic (exact) mass is 309 g/mol. The fourth-order valence-corrected chi connectivity index (χ4v) is 2.52. The molecule has 0 saturated carbocycles. The van der Waals surface area contributed by atoms with Gasteiger partial charge >= 0.3 is 0 Å². The predicted molar refractivity (Wildman–Crippen MR) is 72.6 cm³/mol. The molecule has 1 aliphatic rings. The Hall–Kier alpha value is -2.06. The number of hydrogen-bond acceptors (Lipinski definition) is 6. The van der Waals surface area contributed by atoms with E-state index in [1.807, 2.05) is 0 Å². The number of carbonyl (C=O) groups excluding carboxylic acids is 1. The van der Waals surface area contributed by atoms with E-state index in [1.165, 1.54) is 18.3 Å². The normalized spacial score (nSPS) is 13.4. The molecule has 1 N–H and O–H groups in total. The van der Waals surface area contributed by atoms with Gasteiger partial charge in [-0.1, -0.05) is 0 Å². The molecule has 0 saturated heterocycles. The first-order chi connectivity index (χ1) is 10.2. The molecule has 3 rings (SSSR count). The number of aromatic nitrogens is 2. The van der Waals surface area contributed by atoms with Crippen LogP contribution in [0.4, 0.5) is 4.39 Å². The minimum absolute atomic E-state index is 0.155. The highest BCUT2D eigenvalue weighted by Gasteiger charge is 2.17. The van der Waals surface area contributed by atoms with Gasteiger partial charge < -0.3 is 14.8 Å². The fourth-order valence-electron chi connectivity index (χ4n) is 2.11. The Bertz CT molecular complexity index is 648. The van der Waals surface area contributed by atoms with Crippen LogP contribution in [-0.4, -0.2) is 28.0 Å². The van der Waals surface area contributed by atoms with E-state index in [4.69, 9.17) is 9.47 Å². The number of hydrogen-bond donors (Lipinski definition) is 1. The largest absolute Gasteiger partial charge is 0.467 e. The average molecular weight is 309 g/mol. The zero-order valence-corrected chi connectivity index (χ0v) is 11.8.